The monoisotopic (exact) mass is 796 g/mol. The predicted molar refractivity (Wildman–Crippen MR) is 175 cm³/mol. The summed E-state index contributed by atoms with van der Waals surface area (Å²) >= 11 is 0. The number of ether oxygens (including phenoxy) is 4. The molecule has 0 spiro atoms. The Morgan fingerprint density at radius 1 is 1.05 bits per heavy atom. The number of hydrogen-bond donors (Lipinski definition) is 7. The largest absolute Gasteiger partial charge is 0.507 e. The van der Waals surface area contributed by atoms with Crippen molar-refractivity contribution in [2.24, 2.45) is 0 Å². The van der Waals surface area contributed by atoms with Crippen LogP contribution >= 0.6 is 0 Å². The van der Waals surface area contributed by atoms with E-state index in [2.05, 4.69) is 0 Å². The lowest BCUT2D eigenvalue weighted by molar-refractivity contribution is -0.250. The van der Waals surface area contributed by atoms with Crippen LogP contribution in [0.4, 0.5) is 13.2 Å². The van der Waals surface area contributed by atoms with Gasteiger partial charge in [0.2, 0.25) is 17.5 Å². The van der Waals surface area contributed by atoms with Gasteiger partial charge < -0.3 is 55.1 Å². The topological polar surface area (TPSA) is 282 Å². The number of carboxylic acid groups (broad SMARTS) is 1. The highest BCUT2D eigenvalue weighted by atomic mass is 19.4. The minimum Gasteiger partial charge on any atom is -0.507 e. The third-order valence-corrected chi connectivity index (χ3v) is 9.60. The Bertz CT molecular complexity index is 2020. The maximum Gasteiger partial charge on any atom is 0.471 e. The summed E-state index contributed by atoms with van der Waals surface area (Å²) in [6.45, 7) is 0.995. The van der Waals surface area contributed by atoms with Crippen LogP contribution in [0.5, 0.6) is 17.2 Å². The molecule has 0 aromatic heterocycles. The molecule has 2 aromatic carbocycles. The Morgan fingerprint density at radius 3 is 2.32 bits per heavy atom. The van der Waals surface area contributed by atoms with Gasteiger partial charge in [-0.05, 0) is 13.0 Å². The fraction of sp³-hybridized carbons (Fsp3) is 0.457. The molecule has 302 valence electrons. The van der Waals surface area contributed by atoms with Crippen molar-refractivity contribution < 1.29 is 91.2 Å². The second kappa shape index (κ2) is 15.5. The Kier molecular flexibility index (Phi) is 11.5. The number of amides is 2. The quantitative estimate of drug-likeness (QED) is 0.101. The molecule has 2 aliphatic carbocycles. The Labute approximate surface area is 313 Å². The average molecular weight is 797 g/mol. The minimum atomic E-state index is -5.34. The Balaban J connectivity index is 1.54. The molecule has 1 heterocycles. The van der Waals surface area contributed by atoms with E-state index in [1.807, 2.05) is 5.32 Å². The van der Waals surface area contributed by atoms with Crippen LogP contribution in [0.15, 0.2) is 18.2 Å². The standard InChI is InChI=1S/C35H35F3N2O16/c1-12-27(44)16(40-33(51)35(36,37)38)8-22(55-12)56-19-10-34(52,20(42)11-54-21(43)7-17(32(49)50)39-13(2)41)9-15-24(19)31(48)26-25(29(15)46)28(45)14-5-4-6-18(53-3)23(14)30(26)47/h4-6,12,16-17,19,22,27,44,46,48,52H,7-11H2,1-3H3,(H,39,41)(H,40,51)(H,49,50)/t12?,16?,17?,19-,22?,27?,34-/m0/s1. The van der Waals surface area contributed by atoms with Gasteiger partial charge in [0, 0.05) is 42.9 Å². The number of aliphatic carboxylic acids is 1. The van der Waals surface area contributed by atoms with Gasteiger partial charge >= 0.3 is 24.0 Å². The van der Waals surface area contributed by atoms with E-state index in [-0.39, 0.29) is 16.9 Å². The van der Waals surface area contributed by atoms with Crippen molar-refractivity contribution >= 4 is 41.1 Å². The molecule has 7 atom stereocenters. The van der Waals surface area contributed by atoms with Crippen LogP contribution in [-0.2, 0) is 44.6 Å². The van der Waals surface area contributed by atoms with E-state index >= 15 is 0 Å². The fourth-order valence-electron chi connectivity index (χ4n) is 6.91. The van der Waals surface area contributed by atoms with Gasteiger partial charge in [0.1, 0.15) is 35.0 Å². The van der Waals surface area contributed by atoms with Crippen molar-refractivity contribution in [2.75, 3.05) is 13.7 Å². The Hall–Kier alpha value is -5.64. The summed E-state index contributed by atoms with van der Waals surface area (Å²) in [5, 5.41) is 58.6. The smallest absolute Gasteiger partial charge is 0.471 e. The molecule has 1 aliphatic heterocycles. The maximum atomic E-state index is 13.9. The number of methoxy groups -OCH3 is 1. The lowest BCUT2D eigenvalue weighted by Crippen LogP contribution is -2.57. The molecule has 5 rings (SSSR count). The number of carbonyl (C=O) groups excluding carboxylic acids is 6. The zero-order valence-corrected chi connectivity index (χ0v) is 29.6. The molecule has 5 unspecified atom stereocenters. The third-order valence-electron chi connectivity index (χ3n) is 9.60. The number of carboxylic acids is 1. The van der Waals surface area contributed by atoms with Gasteiger partial charge in [-0.25, -0.2) is 4.79 Å². The first-order valence-electron chi connectivity index (χ1n) is 16.7. The van der Waals surface area contributed by atoms with Crippen LogP contribution in [0, 0.1) is 0 Å². The molecule has 1 saturated heterocycles. The van der Waals surface area contributed by atoms with Crippen LogP contribution in [-0.4, -0.2) is 123 Å². The van der Waals surface area contributed by atoms with E-state index in [1.165, 1.54) is 32.2 Å². The van der Waals surface area contributed by atoms with E-state index in [0.717, 1.165) is 6.92 Å². The average Bonchev–Trinajstić information content (AvgIpc) is 3.11. The molecular weight excluding hydrogens is 761 g/mol. The van der Waals surface area contributed by atoms with Gasteiger partial charge in [-0.3, -0.25) is 28.8 Å². The number of alkyl halides is 3. The molecule has 7 N–H and O–H groups in total. The molecule has 56 heavy (non-hydrogen) atoms. The van der Waals surface area contributed by atoms with E-state index in [1.54, 1.807) is 5.32 Å². The highest BCUT2D eigenvalue weighted by Crippen LogP contribution is 2.52. The van der Waals surface area contributed by atoms with E-state index in [0.29, 0.717) is 0 Å². The van der Waals surface area contributed by atoms with Gasteiger partial charge in [0.25, 0.3) is 0 Å². The van der Waals surface area contributed by atoms with Gasteiger partial charge in [0.05, 0.1) is 48.5 Å². The number of rotatable bonds is 11. The third kappa shape index (κ3) is 7.88. The number of carbonyl (C=O) groups is 7. The molecule has 2 aromatic rings. The fourth-order valence-corrected chi connectivity index (χ4v) is 6.91. The minimum absolute atomic E-state index is 0.0627. The second-order valence-electron chi connectivity index (χ2n) is 13.4. The number of benzene rings is 2. The molecule has 0 bridgehead atoms. The SMILES string of the molecule is COc1cccc2c1C(=O)c1c(O)c3c(c(O)c1C2=O)C[C@@](O)(C(=O)COC(=O)CC(NC(C)=O)C(=O)O)C[C@@H]3OC1CC(NC(=O)C(F)(F)F)C(O)C(C)O1. The number of phenols is 2. The van der Waals surface area contributed by atoms with Crippen LogP contribution < -0.4 is 15.4 Å². The summed E-state index contributed by atoms with van der Waals surface area (Å²) in [4.78, 5) is 88.3. The van der Waals surface area contributed by atoms with Crippen LogP contribution in [0.2, 0.25) is 0 Å². The van der Waals surface area contributed by atoms with Crippen molar-refractivity contribution in [3.8, 4) is 17.2 Å². The Morgan fingerprint density at radius 2 is 1.71 bits per heavy atom. The van der Waals surface area contributed by atoms with E-state index < -0.39 is 156 Å². The van der Waals surface area contributed by atoms with Gasteiger partial charge in [-0.2, -0.15) is 13.2 Å². The molecule has 0 radical (unpaired) electrons. The second-order valence-corrected chi connectivity index (χ2v) is 13.4. The lowest BCUT2D eigenvalue weighted by atomic mass is 9.72. The van der Waals surface area contributed by atoms with Crippen molar-refractivity contribution in [3.05, 3.63) is 51.6 Å². The normalized spacial score (nSPS) is 24.8. The maximum absolute atomic E-state index is 13.9. The number of halogens is 3. The number of aromatic hydroxyl groups is 2. The zero-order chi connectivity index (χ0) is 41.6. The van der Waals surface area contributed by atoms with Crippen molar-refractivity contribution in [3.63, 3.8) is 0 Å². The molecule has 21 heteroatoms. The molecule has 0 saturated carbocycles. The van der Waals surface area contributed by atoms with Crippen LogP contribution in [0.1, 0.15) is 82.2 Å². The van der Waals surface area contributed by atoms with Gasteiger partial charge in [-0.15, -0.1) is 0 Å². The summed E-state index contributed by atoms with van der Waals surface area (Å²) in [6, 6.07) is 0.618. The van der Waals surface area contributed by atoms with Crippen molar-refractivity contribution in [2.45, 2.75) is 88.0 Å². The zero-order valence-electron chi connectivity index (χ0n) is 29.6. The van der Waals surface area contributed by atoms with Crippen LogP contribution in [0.3, 0.4) is 0 Å². The van der Waals surface area contributed by atoms with Gasteiger partial charge in [0.15, 0.2) is 18.7 Å². The van der Waals surface area contributed by atoms with Crippen LogP contribution in [0.25, 0.3) is 0 Å². The summed E-state index contributed by atoms with van der Waals surface area (Å²) < 4.78 is 61.0. The first kappa shape index (κ1) is 41.5. The van der Waals surface area contributed by atoms with E-state index in [9.17, 15) is 72.3 Å². The summed E-state index contributed by atoms with van der Waals surface area (Å²) in [7, 11) is 1.21. The number of ketones is 3. The molecule has 1 fully saturated rings. The summed E-state index contributed by atoms with van der Waals surface area (Å²) in [6.07, 6.45) is -15.2. The summed E-state index contributed by atoms with van der Waals surface area (Å²) in [5.41, 5.74) is -5.58. The number of hydrogen-bond acceptors (Lipinski definition) is 15. The number of fused-ring (bicyclic) bond motifs is 3. The number of phenolic OH excluding ortho intramolecular Hbond substituents is 2. The first-order chi connectivity index (χ1) is 26.1. The number of aliphatic hydroxyl groups excluding tert-OH is 1. The molecular formula is C35H35F3N2O16. The van der Waals surface area contributed by atoms with E-state index in [4.69, 9.17) is 18.9 Å². The predicted octanol–water partition coefficient (Wildman–Crippen LogP) is 0.251. The number of Topliss-reactive ketones (excluding diaryl/α,β-unsaturated/α-hetero) is 1. The van der Waals surface area contributed by atoms with Crippen molar-refractivity contribution in [1.82, 2.24) is 10.6 Å². The highest BCUT2D eigenvalue weighted by molar-refractivity contribution is 6.31. The van der Waals surface area contributed by atoms with Gasteiger partial charge in [-0.1, -0.05) is 12.1 Å². The molecule has 18 nitrogen and oxygen atoms in total. The number of aliphatic hydroxyl groups is 2. The number of esters is 1. The molecule has 2 amide bonds. The lowest BCUT2D eigenvalue weighted by Gasteiger charge is -2.43. The number of nitrogens with one attached hydrogen (secondary N) is 2. The van der Waals surface area contributed by atoms with Crippen molar-refractivity contribution in [1.29, 1.82) is 0 Å². The first-order valence-corrected chi connectivity index (χ1v) is 16.7. The summed E-state index contributed by atoms with van der Waals surface area (Å²) in [5.74, 6) is -11.3. The molecule has 3 aliphatic rings. The highest BCUT2D eigenvalue weighted by Gasteiger charge is 2.51.